The van der Waals surface area contributed by atoms with Crippen molar-refractivity contribution in [3.05, 3.63) is 30.0 Å². The van der Waals surface area contributed by atoms with Gasteiger partial charge in [-0.3, -0.25) is 9.59 Å². The van der Waals surface area contributed by atoms with Crippen LogP contribution in [0.15, 0.2) is 24.3 Å². The monoisotopic (exact) mass is 315 g/mol. The van der Waals surface area contributed by atoms with Gasteiger partial charge in [0.25, 0.3) is 0 Å². The summed E-state index contributed by atoms with van der Waals surface area (Å²) in [5.74, 6) is -1.09. The van der Waals surface area contributed by atoms with Gasteiger partial charge in [0.1, 0.15) is 0 Å². The van der Waals surface area contributed by atoms with E-state index in [9.17, 15) is 14.7 Å². The maximum absolute atomic E-state index is 12.3. The average Bonchev–Trinajstić information content (AvgIpc) is 2.93. The summed E-state index contributed by atoms with van der Waals surface area (Å²) >= 11 is 0. The summed E-state index contributed by atoms with van der Waals surface area (Å²) in [7, 11) is 0. The van der Waals surface area contributed by atoms with Crippen molar-refractivity contribution < 1.29 is 14.7 Å². The Labute approximate surface area is 134 Å². The Morgan fingerprint density at radius 1 is 1.39 bits per heavy atom. The Balaban J connectivity index is 1.68. The average molecular weight is 315 g/mol. The Morgan fingerprint density at radius 3 is 3.00 bits per heavy atom. The van der Waals surface area contributed by atoms with Crippen molar-refractivity contribution >= 4 is 28.4 Å². The Bertz CT molecular complexity index is 738. The fourth-order valence-electron chi connectivity index (χ4n) is 3.08. The molecule has 0 spiro atoms. The number of H-pyrrole nitrogens is 1. The highest BCUT2D eigenvalue weighted by molar-refractivity contribution is 6.39. The van der Waals surface area contributed by atoms with Crippen LogP contribution in [0.5, 0.6) is 0 Å². The molecule has 2 heterocycles. The largest absolute Gasteiger partial charge is 0.396 e. The lowest BCUT2D eigenvalue weighted by molar-refractivity contribution is -0.144. The molecule has 0 bridgehead atoms. The van der Waals surface area contributed by atoms with Crippen LogP contribution >= 0.6 is 0 Å². The van der Waals surface area contributed by atoms with Gasteiger partial charge in [0.05, 0.1) is 0 Å². The van der Waals surface area contributed by atoms with E-state index in [-0.39, 0.29) is 12.5 Å². The number of nitrogens with one attached hydrogen (secondary N) is 2. The molecule has 1 aromatic carbocycles. The van der Waals surface area contributed by atoms with Crippen molar-refractivity contribution in [1.29, 1.82) is 0 Å². The van der Waals surface area contributed by atoms with Crippen LogP contribution in [0.25, 0.3) is 10.9 Å². The molecule has 2 aromatic rings. The molecule has 0 radical (unpaired) electrons. The molecule has 122 valence electrons. The zero-order valence-electron chi connectivity index (χ0n) is 13.1. The van der Waals surface area contributed by atoms with Gasteiger partial charge in [-0.2, -0.15) is 0 Å². The molecule has 3 N–H and O–H groups in total. The van der Waals surface area contributed by atoms with Gasteiger partial charge >= 0.3 is 11.8 Å². The fourth-order valence-corrected chi connectivity index (χ4v) is 3.08. The number of anilines is 1. The molecule has 1 aromatic heterocycles. The Kier molecular flexibility index (Phi) is 4.34. The van der Waals surface area contributed by atoms with Gasteiger partial charge in [0, 0.05) is 42.0 Å². The normalized spacial score (nSPS) is 18.2. The van der Waals surface area contributed by atoms with Crippen LogP contribution in [0.2, 0.25) is 0 Å². The molecule has 1 aliphatic rings. The number of aromatic amines is 1. The van der Waals surface area contributed by atoms with E-state index in [0.29, 0.717) is 18.8 Å². The van der Waals surface area contributed by atoms with E-state index in [0.717, 1.165) is 29.4 Å². The number of carbonyl (C=O) groups excluding carboxylic acids is 2. The molecule has 23 heavy (non-hydrogen) atoms. The number of aryl methyl sites for hydroxylation is 1. The lowest BCUT2D eigenvalue weighted by Gasteiger charge is -2.31. The number of aliphatic hydroxyl groups excluding tert-OH is 1. The van der Waals surface area contributed by atoms with Crippen LogP contribution in [0.1, 0.15) is 18.5 Å². The third-order valence-corrected chi connectivity index (χ3v) is 4.27. The minimum atomic E-state index is -0.629. The number of hydrogen-bond donors (Lipinski definition) is 3. The number of amides is 2. The number of benzene rings is 1. The van der Waals surface area contributed by atoms with Crippen molar-refractivity contribution in [3.63, 3.8) is 0 Å². The number of hydrogen-bond acceptors (Lipinski definition) is 3. The molecule has 1 fully saturated rings. The second-order valence-electron chi connectivity index (χ2n) is 6.15. The van der Waals surface area contributed by atoms with Crippen LogP contribution in [-0.2, 0) is 9.59 Å². The zero-order chi connectivity index (χ0) is 16.4. The third-order valence-electron chi connectivity index (χ3n) is 4.27. The van der Waals surface area contributed by atoms with Gasteiger partial charge in [-0.05, 0) is 49.9 Å². The fraction of sp³-hybridized carbons (Fsp3) is 0.412. The summed E-state index contributed by atoms with van der Waals surface area (Å²) in [5.41, 5.74) is 2.64. The molecule has 1 unspecified atom stereocenters. The van der Waals surface area contributed by atoms with Crippen molar-refractivity contribution in [1.82, 2.24) is 9.88 Å². The number of likely N-dealkylation sites (tertiary alicyclic amines) is 1. The molecule has 1 atom stereocenters. The van der Waals surface area contributed by atoms with Crippen LogP contribution in [0.3, 0.4) is 0 Å². The number of aliphatic hydroxyl groups is 1. The van der Waals surface area contributed by atoms with Crippen LogP contribution in [0, 0.1) is 12.8 Å². The van der Waals surface area contributed by atoms with Gasteiger partial charge in [0.2, 0.25) is 0 Å². The standard InChI is InChI=1S/C17H21N3O3/c1-11-7-13-8-14(4-5-15(13)18-11)19-16(22)17(23)20-6-2-3-12(9-20)10-21/h4-5,7-8,12,18,21H,2-3,6,9-10H2,1H3,(H,19,22). The number of rotatable bonds is 2. The quantitative estimate of drug-likeness (QED) is 0.737. The zero-order valence-corrected chi connectivity index (χ0v) is 13.1. The SMILES string of the molecule is Cc1cc2cc(NC(=O)C(=O)N3CCCC(CO)C3)ccc2[nH]1. The maximum atomic E-state index is 12.3. The van der Waals surface area contributed by atoms with E-state index in [1.54, 1.807) is 6.07 Å². The molecular weight excluding hydrogens is 294 g/mol. The van der Waals surface area contributed by atoms with Crippen molar-refractivity contribution in [2.75, 3.05) is 25.0 Å². The second kappa shape index (κ2) is 6.42. The first kappa shape index (κ1) is 15.6. The summed E-state index contributed by atoms with van der Waals surface area (Å²) in [6.07, 6.45) is 1.71. The van der Waals surface area contributed by atoms with Crippen LogP contribution < -0.4 is 5.32 Å². The molecule has 1 aliphatic heterocycles. The minimum Gasteiger partial charge on any atom is -0.396 e. The smallest absolute Gasteiger partial charge is 0.313 e. The topological polar surface area (TPSA) is 85.4 Å². The first-order valence-corrected chi connectivity index (χ1v) is 7.87. The van der Waals surface area contributed by atoms with Gasteiger partial charge in [-0.1, -0.05) is 0 Å². The van der Waals surface area contributed by atoms with E-state index in [1.807, 2.05) is 25.1 Å². The number of piperidine rings is 1. The van der Waals surface area contributed by atoms with Crippen LogP contribution in [-0.4, -0.2) is 46.5 Å². The van der Waals surface area contributed by atoms with Gasteiger partial charge < -0.3 is 20.3 Å². The van der Waals surface area contributed by atoms with Crippen LogP contribution in [0.4, 0.5) is 5.69 Å². The van der Waals surface area contributed by atoms with Gasteiger partial charge in [0.15, 0.2) is 0 Å². The van der Waals surface area contributed by atoms with E-state index < -0.39 is 11.8 Å². The van der Waals surface area contributed by atoms with Crippen molar-refractivity contribution in [2.45, 2.75) is 19.8 Å². The second-order valence-corrected chi connectivity index (χ2v) is 6.15. The van der Waals surface area contributed by atoms with E-state index in [4.69, 9.17) is 0 Å². The molecule has 0 saturated carbocycles. The Morgan fingerprint density at radius 2 is 2.22 bits per heavy atom. The summed E-state index contributed by atoms with van der Waals surface area (Å²) in [6, 6.07) is 7.49. The molecule has 6 heteroatoms. The van der Waals surface area contributed by atoms with E-state index in [2.05, 4.69) is 10.3 Å². The molecular formula is C17H21N3O3. The summed E-state index contributed by atoms with van der Waals surface area (Å²) in [4.78, 5) is 29.2. The maximum Gasteiger partial charge on any atom is 0.313 e. The first-order chi connectivity index (χ1) is 11.1. The van der Waals surface area contributed by atoms with Gasteiger partial charge in [-0.25, -0.2) is 0 Å². The summed E-state index contributed by atoms with van der Waals surface area (Å²) in [5, 5.41) is 12.9. The Hall–Kier alpha value is -2.34. The molecule has 2 amide bonds. The minimum absolute atomic E-state index is 0.0505. The van der Waals surface area contributed by atoms with Crippen molar-refractivity contribution in [2.24, 2.45) is 5.92 Å². The highest BCUT2D eigenvalue weighted by Crippen LogP contribution is 2.20. The molecule has 6 nitrogen and oxygen atoms in total. The predicted octanol–water partition coefficient (Wildman–Crippen LogP) is 1.65. The molecule has 1 saturated heterocycles. The number of aromatic nitrogens is 1. The number of nitrogens with zero attached hydrogens (tertiary/aromatic N) is 1. The molecule has 3 rings (SSSR count). The van der Waals surface area contributed by atoms with E-state index in [1.165, 1.54) is 4.90 Å². The molecule has 0 aliphatic carbocycles. The first-order valence-electron chi connectivity index (χ1n) is 7.87. The highest BCUT2D eigenvalue weighted by Gasteiger charge is 2.27. The predicted molar refractivity (Wildman–Crippen MR) is 88.1 cm³/mol. The summed E-state index contributed by atoms with van der Waals surface area (Å²) < 4.78 is 0. The number of carbonyl (C=O) groups is 2. The lowest BCUT2D eigenvalue weighted by Crippen LogP contribution is -2.45. The third kappa shape index (κ3) is 3.37. The lowest BCUT2D eigenvalue weighted by atomic mass is 9.99. The van der Waals surface area contributed by atoms with E-state index >= 15 is 0 Å². The summed E-state index contributed by atoms with van der Waals surface area (Å²) in [6.45, 7) is 3.03. The highest BCUT2D eigenvalue weighted by atomic mass is 16.3. The van der Waals surface area contributed by atoms with Gasteiger partial charge in [-0.15, -0.1) is 0 Å². The van der Waals surface area contributed by atoms with Crippen molar-refractivity contribution in [3.8, 4) is 0 Å². The number of fused-ring (bicyclic) bond motifs is 1.